The molecule has 0 bridgehead atoms. The van der Waals surface area contributed by atoms with Gasteiger partial charge in [-0.1, -0.05) is 48.4 Å². The number of fused-ring (bicyclic) bond motifs is 1. The molecule has 1 saturated heterocycles. The fourth-order valence-electron chi connectivity index (χ4n) is 4.68. The number of halogens is 1. The number of carbonyl (C=O) groups is 1. The molecule has 7 nitrogen and oxygen atoms in total. The Morgan fingerprint density at radius 1 is 1.14 bits per heavy atom. The van der Waals surface area contributed by atoms with E-state index in [-0.39, 0.29) is 23.4 Å². The maximum atomic E-state index is 13.8. The Morgan fingerprint density at radius 3 is 2.65 bits per heavy atom. The molecule has 0 saturated carbocycles. The van der Waals surface area contributed by atoms with Crippen molar-refractivity contribution in [1.82, 2.24) is 14.3 Å². The van der Waals surface area contributed by atoms with Gasteiger partial charge < -0.3 is 0 Å². The number of hydrogen-bond acceptors (Lipinski definition) is 6. The van der Waals surface area contributed by atoms with E-state index in [1.54, 1.807) is 39.8 Å². The first-order chi connectivity index (χ1) is 17.9. The summed E-state index contributed by atoms with van der Waals surface area (Å²) in [5, 5.41) is 1.03. The first-order valence-electron chi connectivity index (χ1n) is 12.3. The van der Waals surface area contributed by atoms with E-state index >= 15 is 0 Å². The smallest absolute Gasteiger partial charge is 0.260 e. The van der Waals surface area contributed by atoms with Crippen LogP contribution in [0, 0.1) is 0 Å². The van der Waals surface area contributed by atoms with E-state index in [9.17, 15) is 13.2 Å². The highest BCUT2D eigenvalue weighted by molar-refractivity contribution is 7.89. The molecule has 0 radical (unpaired) electrons. The van der Waals surface area contributed by atoms with Crippen LogP contribution in [0.4, 0.5) is 5.13 Å². The zero-order valence-corrected chi connectivity index (χ0v) is 22.8. The molecule has 10 heteroatoms. The summed E-state index contributed by atoms with van der Waals surface area (Å²) in [5.74, 6) is -0.285. The van der Waals surface area contributed by atoms with Gasteiger partial charge in [0.25, 0.3) is 5.91 Å². The van der Waals surface area contributed by atoms with Gasteiger partial charge in [0.1, 0.15) is 5.52 Å². The van der Waals surface area contributed by atoms with Crippen molar-refractivity contribution in [3.63, 3.8) is 0 Å². The molecule has 1 amide bonds. The molecule has 2 aromatic carbocycles. The maximum Gasteiger partial charge on any atom is 0.260 e. The largest absolute Gasteiger partial charge is 0.279 e. The lowest BCUT2D eigenvalue weighted by atomic mass is 10.0. The lowest BCUT2D eigenvalue weighted by Crippen LogP contribution is -2.43. The number of benzene rings is 2. The van der Waals surface area contributed by atoms with Crippen LogP contribution in [-0.4, -0.2) is 41.2 Å². The molecule has 1 atom stereocenters. The van der Waals surface area contributed by atoms with Crippen LogP contribution in [0.1, 0.15) is 48.5 Å². The van der Waals surface area contributed by atoms with Crippen LogP contribution in [0.3, 0.4) is 0 Å². The Kier molecular flexibility index (Phi) is 7.57. The van der Waals surface area contributed by atoms with Crippen LogP contribution in [0.15, 0.2) is 71.9 Å². The zero-order valence-electron chi connectivity index (χ0n) is 20.4. The summed E-state index contributed by atoms with van der Waals surface area (Å²) >= 11 is 7.72. The number of piperidine rings is 1. The monoisotopic (exact) mass is 554 g/mol. The van der Waals surface area contributed by atoms with Gasteiger partial charge in [0, 0.05) is 30.5 Å². The number of rotatable bonds is 7. The van der Waals surface area contributed by atoms with E-state index in [1.165, 1.54) is 23.5 Å². The number of amides is 1. The standard InChI is InChI=1S/C27H27ClN4O3S2/c1-2-21-8-3-4-16-32(21)37(34,35)22-13-11-20(12-14-22)26(33)31(18-19-7-6-15-29-17-19)27-30-25-23(28)9-5-10-24(25)36-27/h5-7,9-15,17,21H,2-4,8,16,18H2,1H3. The summed E-state index contributed by atoms with van der Waals surface area (Å²) in [6, 6.07) is 15.5. The second-order valence-electron chi connectivity index (χ2n) is 9.03. The topological polar surface area (TPSA) is 83.5 Å². The number of para-hydroxylation sites is 1. The molecule has 0 N–H and O–H groups in total. The van der Waals surface area contributed by atoms with Gasteiger partial charge in [-0.2, -0.15) is 4.31 Å². The van der Waals surface area contributed by atoms with Crippen molar-refractivity contribution in [2.24, 2.45) is 0 Å². The highest BCUT2D eigenvalue weighted by atomic mass is 35.5. The van der Waals surface area contributed by atoms with Crippen LogP contribution < -0.4 is 4.90 Å². The van der Waals surface area contributed by atoms with Gasteiger partial charge in [-0.25, -0.2) is 13.4 Å². The van der Waals surface area contributed by atoms with Gasteiger partial charge in [0.2, 0.25) is 10.0 Å². The number of nitrogens with zero attached hydrogens (tertiary/aromatic N) is 4. The Bertz CT molecular complexity index is 1510. The van der Waals surface area contributed by atoms with E-state index in [1.807, 2.05) is 31.2 Å². The average molecular weight is 555 g/mol. The second kappa shape index (κ2) is 10.9. The number of thiazole rings is 1. The highest BCUT2D eigenvalue weighted by Crippen LogP contribution is 2.34. The summed E-state index contributed by atoms with van der Waals surface area (Å²) in [7, 11) is -3.63. The third-order valence-corrected chi connectivity index (χ3v) is 9.96. The maximum absolute atomic E-state index is 13.8. The molecule has 1 unspecified atom stereocenters. The molecule has 1 aliphatic rings. The number of hydrogen-bond donors (Lipinski definition) is 0. The summed E-state index contributed by atoms with van der Waals surface area (Å²) in [6.07, 6.45) is 6.95. The Morgan fingerprint density at radius 2 is 1.95 bits per heavy atom. The van der Waals surface area contributed by atoms with Crippen molar-refractivity contribution in [3.05, 3.63) is 83.1 Å². The van der Waals surface area contributed by atoms with Crippen molar-refractivity contribution in [2.45, 2.75) is 50.1 Å². The van der Waals surface area contributed by atoms with Gasteiger partial charge in [0.15, 0.2) is 5.13 Å². The van der Waals surface area contributed by atoms with Crippen molar-refractivity contribution < 1.29 is 13.2 Å². The molecule has 1 aliphatic heterocycles. The molecule has 192 valence electrons. The molecule has 2 aromatic heterocycles. The predicted molar refractivity (Wildman–Crippen MR) is 148 cm³/mol. The molecular formula is C27H27ClN4O3S2. The lowest BCUT2D eigenvalue weighted by Gasteiger charge is -2.34. The van der Waals surface area contributed by atoms with E-state index < -0.39 is 10.0 Å². The van der Waals surface area contributed by atoms with Crippen LogP contribution in [0.25, 0.3) is 10.2 Å². The summed E-state index contributed by atoms with van der Waals surface area (Å²) < 4.78 is 29.2. The average Bonchev–Trinajstić information content (AvgIpc) is 3.37. The molecule has 0 spiro atoms. The van der Waals surface area contributed by atoms with Crippen molar-refractivity contribution in [3.8, 4) is 0 Å². The van der Waals surface area contributed by atoms with Crippen molar-refractivity contribution in [1.29, 1.82) is 0 Å². The third kappa shape index (κ3) is 5.27. The highest BCUT2D eigenvalue weighted by Gasteiger charge is 2.32. The minimum atomic E-state index is -3.63. The SMILES string of the molecule is CCC1CCCCN1S(=O)(=O)c1ccc(C(=O)N(Cc2cccnc2)c2nc3c(Cl)cccc3s2)cc1. The Labute approximate surface area is 225 Å². The van der Waals surface area contributed by atoms with Crippen molar-refractivity contribution in [2.75, 3.05) is 11.4 Å². The second-order valence-corrected chi connectivity index (χ2v) is 12.3. The summed E-state index contributed by atoms with van der Waals surface area (Å²) in [5.41, 5.74) is 1.86. The van der Waals surface area contributed by atoms with Gasteiger partial charge in [-0.3, -0.25) is 14.7 Å². The lowest BCUT2D eigenvalue weighted by molar-refractivity contribution is 0.0985. The molecule has 5 rings (SSSR count). The van der Waals surface area contributed by atoms with E-state index in [0.29, 0.717) is 27.8 Å². The minimum Gasteiger partial charge on any atom is -0.279 e. The summed E-state index contributed by atoms with van der Waals surface area (Å²) in [6.45, 7) is 2.81. The first kappa shape index (κ1) is 25.8. The number of aromatic nitrogens is 2. The molecule has 1 fully saturated rings. The molecule has 0 aliphatic carbocycles. The number of pyridine rings is 1. The Balaban J connectivity index is 1.47. The fraction of sp³-hybridized carbons (Fsp3) is 0.296. The first-order valence-corrected chi connectivity index (χ1v) is 14.9. The van der Waals surface area contributed by atoms with Gasteiger partial charge in [0.05, 0.1) is 21.2 Å². The minimum absolute atomic E-state index is 0.0147. The number of carbonyl (C=O) groups excluding carboxylic acids is 1. The molecule has 3 heterocycles. The van der Waals surface area contributed by atoms with E-state index in [2.05, 4.69) is 9.97 Å². The van der Waals surface area contributed by atoms with Gasteiger partial charge in [-0.15, -0.1) is 0 Å². The molecule has 37 heavy (non-hydrogen) atoms. The molecule has 4 aromatic rings. The molecular weight excluding hydrogens is 528 g/mol. The fourth-order valence-corrected chi connectivity index (χ4v) is 7.71. The predicted octanol–water partition coefficient (Wildman–Crippen LogP) is 6.14. The zero-order chi connectivity index (χ0) is 26.0. The van der Waals surface area contributed by atoms with Crippen LogP contribution in [-0.2, 0) is 16.6 Å². The summed E-state index contributed by atoms with van der Waals surface area (Å²) in [4.78, 5) is 24.4. The third-order valence-electron chi connectivity index (χ3n) is 6.65. The normalized spacial score (nSPS) is 16.6. The van der Waals surface area contributed by atoms with Crippen LogP contribution >= 0.6 is 22.9 Å². The number of anilines is 1. The van der Waals surface area contributed by atoms with Crippen LogP contribution in [0.2, 0.25) is 5.02 Å². The van der Waals surface area contributed by atoms with E-state index in [4.69, 9.17) is 11.6 Å². The van der Waals surface area contributed by atoms with Gasteiger partial charge >= 0.3 is 0 Å². The Hall–Kier alpha value is -2.85. The van der Waals surface area contributed by atoms with Crippen LogP contribution in [0.5, 0.6) is 0 Å². The van der Waals surface area contributed by atoms with Crippen molar-refractivity contribution >= 4 is 54.2 Å². The quantitative estimate of drug-likeness (QED) is 0.274. The number of sulfonamides is 1. The van der Waals surface area contributed by atoms with E-state index in [0.717, 1.165) is 35.9 Å². The van der Waals surface area contributed by atoms with Gasteiger partial charge in [-0.05, 0) is 67.3 Å².